The van der Waals surface area contributed by atoms with Crippen molar-refractivity contribution in [3.05, 3.63) is 58.6 Å². The highest BCUT2D eigenvalue weighted by atomic mass is 35.5. The van der Waals surface area contributed by atoms with Crippen molar-refractivity contribution in [1.29, 1.82) is 0 Å². The van der Waals surface area contributed by atoms with Crippen LogP contribution in [0.2, 0.25) is 5.02 Å². The summed E-state index contributed by atoms with van der Waals surface area (Å²) in [5, 5.41) is 5.97. The van der Waals surface area contributed by atoms with Crippen LogP contribution >= 0.6 is 11.6 Å². The molecule has 142 valence electrons. The smallest absolute Gasteiger partial charge is 0.417 e. The zero-order valence-corrected chi connectivity index (χ0v) is 14.6. The summed E-state index contributed by atoms with van der Waals surface area (Å²) >= 11 is 5.82. The van der Waals surface area contributed by atoms with Crippen molar-refractivity contribution < 1.29 is 27.5 Å². The number of alkyl halides is 3. The first-order chi connectivity index (χ1) is 12.7. The van der Waals surface area contributed by atoms with Crippen LogP contribution in [0.4, 0.5) is 18.9 Å². The third-order valence-electron chi connectivity index (χ3n) is 3.25. The van der Waals surface area contributed by atoms with Gasteiger partial charge in [0.25, 0.3) is 0 Å². The van der Waals surface area contributed by atoms with Crippen molar-refractivity contribution >= 4 is 35.3 Å². The van der Waals surface area contributed by atoms with Crippen molar-refractivity contribution in [2.75, 3.05) is 12.4 Å². The van der Waals surface area contributed by atoms with Crippen LogP contribution in [0.25, 0.3) is 0 Å². The van der Waals surface area contributed by atoms with E-state index in [1.165, 1.54) is 43.5 Å². The summed E-state index contributed by atoms with van der Waals surface area (Å²) < 4.78 is 43.6. The maximum absolute atomic E-state index is 12.9. The van der Waals surface area contributed by atoms with Gasteiger partial charge in [-0.1, -0.05) is 29.8 Å². The van der Waals surface area contributed by atoms with Crippen LogP contribution in [0, 0.1) is 0 Å². The number of ether oxygens (including phenoxy) is 1. The zero-order valence-electron chi connectivity index (χ0n) is 13.8. The van der Waals surface area contributed by atoms with Gasteiger partial charge in [0, 0.05) is 10.6 Å². The van der Waals surface area contributed by atoms with E-state index in [0.717, 1.165) is 12.3 Å². The number of hydrogen-bond donors (Lipinski definition) is 2. The van der Waals surface area contributed by atoms with Crippen molar-refractivity contribution in [3.8, 4) is 5.75 Å². The highest BCUT2D eigenvalue weighted by molar-refractivity contribution is 6.40. The van der Waals surface area contributed by atoms with E-state index in [1.807, 2.05) is 5.43 Å². The number of nitrogens with zero attached hydrogens (tertiary/aromatic N) is 1. The number of rotatable bonds is 4. The van der Waals surface area contributed by atoms with Crippen molar-refractivity contribution in [2.24, 2.45) is 5.10 Å². The Hall–Kier alpha value is -3.07. The van der Waals surface area contributed by atoms with E-state index in [2.05, 4.69) is 10.4 Å². The second-order valence-corrected chi connectivity index (χ2v) is 5.52. The number of carbonyl (C=O) groups excluding carboxylic acids is 2. The Morgan fingerprint density at radius 2 is 1.85 bits per heavy atom. The van der Waals surface area contributed by atoms with Crippen LogP contribution in [0.3, 0.4) is 0 Å². The molecule has 2 aromatic carbocycles. The molecule has 2 N–H and O–H groups in total. The highest BCUT2D eigenvalue weighted by Gasteiger charge is 2.32. The number of benzene rings is 2. The molecular formula is C17H13ClF3N3O3. The van der Waals surface area contributed by atoms with E-state index in [0.29, 0.717) is 5.02 Å². The SMILES string of the molecule is COc1ccc(Cl)cc1NC(=O)C(=O)N/N=C\c1ccccc1C(F)(F)F. The summed E-state index contributed by atoms with van der Waals surface area (Å²) in [6, 6.07) is 9.05. The standard InChI is InChI=1S/C17H13ClF3N3O3/c1-27-14-7-6-11(18)8-13(14)23-15(25)16(26)24-22-9-10-4-2-3-5-12(10)17(19,20)21/h2-9H,1H3,(H,23,25)(H,24,26)/b22-9-. The molecule has 6 nitrogen and oxygen atoms in total. The van der Waals surface area contributed by atoms with Gasteiger partial charge in [-0.15, -0.1) is 0 Å². The van der Waals surface area contributed by atoms with Gasteiger partial charge in [0.05, 0.1) is 24.6 Å². The normalized spacial score (nSPS) is 11.3. The molecule has 2 rings (SSSR count). The molecule has 0 aliphatic heterocycles. The van der Waals surface area contributed by atoms with Crippen molar-refractivity contribution in [2.45, 2.75) is 6.18 Å². The average Bonchev–Trinajstić information content (AvgIpc) is 2.61. The number of hydrazone groups is 1. The molecule has 0 bridgehead atoms. The summed E-state index contributed by atoms with van der Waals surface area (Å²) in [4.78, 5) is 23.7. The second-order valence-electron chi connectivity index (χ2n) is 5.08. The van der Waals surface area contributed by atoms with Crippen LogP contribution in [-0.2, 0) is 15.8 Å². The first-order valence-corrected chi connectivity index (χ1v) is 7.74. The minimum atomic E-state index is -4.58. The molecule has 0 unspecified atom stereocenters. The van der Waals surface area contributed by atoms with Gasteiger partial charge in [-0.2, -0.15) is 18.3 Å². The number of hydrogen-bond acceptors (Lipinski definition) is 4. The Morgan fingerprint density at radius 1 is 1.15 bits per heavy atom. The number of nitrogens with one attached hydrogen (secondary N) is 2. The maximum atomic E-state index is 12.9. The molecule has 0 radical (unpaired) electrons. The number of amides is 2. The lowest BCUT2D eigenvalue weighted by molar-refractivity contribution is -0.137. The van der Waals surface area contributed by atoms with Gasteiger partial charge in [-0.25, -0.2) is 5.43 Å². The van der Waals surface area contributed by atoms with E-state index in [-0.39, 0.29) is 17.0 Å². The summed E-state index contributed by atoms with van der Waals surface area (Å²) in [6.45, 7) is 0. The Morgan fingerprint density at radius 3 is 2.52 bits per heavy atom. The topological polar surface area (TPSA) is 79.8 Å². The first-order valence-electron chi connectivity index (χ1n) is 7.36. The molecule has 0 aliphatic rings. The van der Waals surface area contributed by atoms with Gasteiger partial charge >= 0.3 is 18.0 Å². The minimum absolute atomic E-state index is 0.150. The zero-order chi connectivity index (χ0) is 20.0. The highest BCUT2D eigenvalue weighted by Crippen LogP contribution is 2.31. The molecule has 10 heteroatoms. The largest absolute Gasteiger partial charge is 0.495 e. The molecule has 0 heterocycles. The molecule has 0 aliphatic carbocycles. The molecule has 0 spiro atoms. The van der Waals surface area contributed by atoms with Crippen molar-refractivity contribution in [1.82, 2.24) is 5.43 Å². The Kier molecular flexibility index (Phi) is 6.40. The van der Waals surface area contributed by atoms with Gasteiger partial charge in [0.15, 0.2) is 0 Å². The molecule has 27 heavy (non-hydrogen) atoms. The predicted octanol–water partition coefficient (Wildman–Crippen LogP) is 3.46. The van der Waals surface area contributed by atoms with Crippen LogP contribution in [-0.4, -0.2) is 25.1 Å². The van der Waals surface area contributed by atoms with Gasteiger partial charge in [-0.05, 0) is 24.3 Å². The number of carbonyl (C=O) groups is 2. The Labute approximate surface area is 157 Å². The molecule has 2 aromatic rings. The lowest BCUT2D eigenvalue weighted by atomic mass is 10.1. The van der Waals surface area contributed by atoms with Crippen LogP contribution in [0.5, 0.6) is 5.75 Å². The van der Waals surface area contributed by atoms with Crippen LogP contribution in [0.15, 0.2) is 47.6 Å². The fourth-order valence-corrected chi connectivity index (χ4v) is 2.21. The van der Waals surface area contributed by atoms with E-state index in [4.69, 9.17) is 16.3 Å². The monoisotopic (exact) mass is 399 g/mol. The van der Waals surface area contributed by atoms with Gasteiger partial charge in [0.2, 0.25) is 0 Å². The molecule has 0 saturated carbocycles. The summed E-state index contributed by atoms with van der Waals surface area (Å²) in [5.74, 6) is -2.02. The van der Waals surface area contributed by atoms with Gasteiger partial charge < -0.3 is 10.1 Å². The maximum Gasteiger partial charge on any atom is 0.417 e. The Balaban J connectivity index is 2.05. The van der Waals surface area contributed by atoms with E-state index >= 15 is 0 Å². The number of methoxy groups -OCH3 is 1. The minimum Gasteiger partial charge on any atom is -0.495 e. The van der Waals surface area contributed by atoms with Crippen LogP contribution in [0.1, 0.15) is 11.1 Å². The second kappa shape index (κ2) is 8.54. The van der Waals surface area contributed by atoms with E-state index < -0.39 is 23.6 Å². The van der Waals surface area contributed by atoms with Crippen molar-refractivity contribution in [3.63, 3.8) is 0 Å². The average molecular weight is 400 g/mol. The van der Waals surface area contributed by atoms with Crippen LogP contribution < -0.4 is 15.5 Å². The lowest BCUT2D eigenvalue weighted by Gasteiger charge is -2.10. The number of anilines is 1. The number of halogens is 4. The van der Waals surface area contributed by atoms with E-state index in [1.54, 1.807) is 0 Å². The fraction of sp³-hybridized carbons (Fsp3) is 0.118. The van der Waals surface area contributed by atoms with E-state index in [9.17, 15) is 22.8 Å². The molecule has 0 atom stereocenters. The predicted molar refractivity (Wildman–Crippen MR) is 93.8 cm³/mol. The molecule has 0 fully saturated rings. The quantitative estimate of drug-likeness (QED) is 0.469. The molecule has 0 saturated heterocycles. The Bertz CT molecular complexity index is 885. The molecular weight excluding hydrogens is 387 g/mol. The lowest BCUT2D eigenvalue weighted by Crippen LogP contribution is -2.32. The third kappa shape index (κ3) is 5.45. The fourth-order valence-electron chi connectivity index (χ4n) is 2.04. The molecule has 0 aromatic heterocycles. The first kappa shape index (κ1) is 20.2. The summed E-state index contributed by atoms with van der Waals surface area (Å²) in [5.41, 5.74) is 0.827. The third-order valence-corrected chi connectivity index (χ3v) is 3.49. The van der Waals surface area contributed by atoms with Gasteiger partial charge in [0.1, 0.15) is 5.75 Å². The van der Waals surface area contributed by atoms with Gasteiger partial charge in [-0.3, -0.25) is 9.59 Å². The molecule has 2 amide bonds. The summed E-state index contributed by atoms with van der Waals surface area (Å²) in [6.07, 6.45) is -3.78. The summed E-state index contributed by atoms with van der Waals surface area (Å²) in [7, 11) is 1.36.